The average Bonchev–Trinajstić information content (AvgIpc) is 2.49. The molecule has 0 saturated carbocycles. The Morgan fingerprint density at radius 2 is 1.58 bits per heavy atom. The third kappa shape index (κ3) is 3.31. The first kappa shape index (κ1) is 14.0. The van der Waals surface area contributed by atoms with E-state index in [9.17, 15) is 5.11 Å². The lowest BCUT2D eigenvalue weighted by atomic mass is 10.0. The number of benzene rings is 2. The molecule has 0 heterocycles. The van der Waals surface area contributed by atoms with Crippen LogP contribution in [0.3, 0.4) is 0 Å². The molecule has 0 bridgehead atoms. The minimum atomic E-state index is -0.525. The van der Waals surface area contributed by atoms with Gasteiger partial charge in [-0.15, -0.1) is 0 Å². The van der Waals surface area contributed by atoms with Crippen molar-refractivity contribution in [3.8, 4) is 5.75 Å². The summed E-state index contributed by atoms with van der Waals surface area (Å²) in [7, 11) is 1.64. The number of ether oxygens (including phenoxy) is 1. The van der Waals surface area contributed by atoms with Gasteiger partial charge in [-0.2, -0.15) is 11.8 Å². The normalized spacial score (nSPS) is 13.8. The highest BCUT2D eigenvalue weighted by atomic mass is 32.2. The van der Waals surface area contributed by atoms with Crippen LogP contribution in [-0.4, -0.2) is 18.5 Å². The fraction of sp³-hybridized carbons (Fsp3) is 0.250. The molecule has 3 heteroatoms. The number of aliphatic hydroxyl groups excluding tert-OH is 1. The van der Waals surface area contributed by atoms with Crippen molar-refractivity contribution in [3.05, 3.63) is 65.7 Å². The van der Waals surface area contributed by atoms with Crippen molar-refractivity contribution in [2.45, 2.75) is 11.4 Å². The molecule has 0 radical (unpaired) electrons. The van der Waals surface area contributed by atoms with E-state index >= 15 is 0 Å². The minimum absolute atomic E-state index is 0.0367. The Bertz CT molecular complexity index is 496. The minimum Gasteiger partial charge on any atom is -0.497 e. The van der Waals surface area contributed by atoms with Gasteiger partial charge in [0.2, 0.25) is 0 Å². The molecule has 0 aliphatic rings. The highest BCUT2D eigenvalue weighted by molar-refractivity contribution is 7.98. The van der Waals surface area contributed by atoms with E-state index in [1.807, 2.05) is 60.9 Å². The lowest BCUT2D eigenvalue weighted by Crippen LogP contribution is -2.07. The van der Waals surface area contributed by atoms with Crippen molar-refractivity contribution in [2.24, 2.45) is 0 Å². The van der Waals surface area contributed by atoms with Gasteiger partial charge in [-0.25, -0.2) is 0 Å². The molecule has 0 amide bonds. The number of methoxy groups -OCH3 is 1. The van der Waals surface area contributed by atoms with Crippen LogP contribution in [0, 0.1) is 0 Å². The maximum Gasteiger partial charge on any atom is 0.118 e. The van der Waals surface area contributed by atoms with Crippen LogP contribution in [0.2, 0.25) is 0 Å². The maximum atomic E-state index is 10.5. The third-order valence-corrected chi connectivity index (χ3v) is 4.16. The van der Waals surface area contributed by atoms with Crippen molar-refractivity contribution < 1.29 is 9.84 Å². The van der Waals surface area contributed by atoms with Crippen LogP contribution in [0.5, 0.6) is 5.75 Å². The quantitative estimate of drug-likeness (QED) is 0.898. The molecule has 100 valence electrons. The fourth-order valence-corrected chi connectivity index (χ4v) is 2.91. The van der Waals surface area contributed by atoms with Crippen LogP contribution in [0.15, 0.2) is 54.6 Å². The lowest BCUT2D eigenvalue weighted by Gasteiger charge is -2.22. The summed E-state index contributed by atoms with van der Waals surface area (Å²) < 4.78 is 5.13. The molecule has 0 aromatic heterocycles. The molecule has 2 nitrogen and oxygen atoms in total. The summed E-state index contributed by atoms with van der Waals surface area (Å²) in [6.07, 6.45) is 1.49. The molecule has 2 atom stereocenters. The molecular formula is C16H18O2S. The van der Waals surface area contributed by atoms with Crippen molar-refractivity contribution in [3.63, 3.8) is 0 Å². The van der Waals surface area contributed by atoms with Crippen LogP contribution in [0.1, 0.15) is 22.5 Å². The Balaban J connectivity index is 2.22. The second-order valence-corrected chi connectivity index (χ2v) is 5.26. The van der Waals surface area contributed by atoms with Gasteiger partial charge in [0.25, 0.3) is 0 Å². The molecule has 0 spiro atoms. The number of hydrogen-bond donors (Lipinski definition) is 1. The molecule has 19 heavy (non-hydrogen) atoms. The first-order valence-corrected chi connectivity index (χ1v) is 7.45. The van der Waals surface area contributed by atoms with E-state index in [-0.39, 0.29) is 5.25 Å². The Kier molecular flexibility index (Phi) is 4.88. The molecular weight excluding hydrogens is 256 g/mol. The van der Waals surface area contributed by atoms with E-state index < -0.39 is 6.10 Å². The fourth-order valence-electron chi connectivity index (χ4n) is 2.07. The van der Waals surface area contributed by atoms with Crippen molar-refractivity contribution in [1.29, 1.82) is 0 Å². The van der Waals surface area contributed by atoms with E-state index in [1.165, 1.54) is 0 Å². The first-order chi connectivity index (χ1) is 9.26. The Hall–Kier alpha value is -1.45. The van der Waals surface area contributed by atoms with Crippen molar-refractivity contribution in [1.82, 2.24) is 0 Å². The summed E-state index contributed by atoms with van der Waals surface area (Å²) in [6.45, 7) is 0. The monoisotopic (exact) mass is 274 g/mol. The SMILES string of the molecule is COc1ccc([C@@H](O)[C@@H](SC)c2ccccc2)cc1. The molecule has 0 saturated heterocycles. The zero-order valence-electron chi connectivity index (χ0n) is 11.1. The number of hydrogen-bond acceptors (Lipinski definition) is 3. The second-order valence-electron chi connectivity index (χ2n) is 4.28. The van der Waals surface area contributed by atoms with Gasteiger partial charge in [0.15, 0.2) is 0 Å². The zero-order chi connectivity index (χ0) is 13.7. The number of rotatable bonds is 5. The molecule has 0 fully saturated rings. The molecule has 0 unspecified atom stereocenters. The van der Waals surface area contributed by atoms with Gasteiger partial charge in [0.1, 0.15) is 5.75 Å². The topological polar surface area (TPSA) is 29.5 Å². The molecule has 0 aliphatic heterocycles. The van der Waals surface area contributed by atoms with Crippen LogP contribution < -0.4 is 4.74 Å². The lowest BCUT2D eigenvalue weighted by molar-refractivity contribution is 0.175. The first-order valence-electron chi connectivity index (χ1n) is 6.16. The molecule has 1 N–H and O–H groups in total. The van der Waals surface area contributed by atoms with Crippen LogP contribution >= 0.6 is 11.8 Å². The molecule has 2 rings (SSSR count). The highest BCUT2D eigenvalue weighted by Gasteiger charge is 2.21. The summed E-state index contributed by atoms with van der Waals surface area (Å²) in [4.78, 5) is 0. The van der Waals surface area contributed by atoms with Gasteiger partial charge in [0.05, 0.1) is 18.5 Å². The van der Waals surface area contributed by atoms with Gasteiger partial charge >= 0.3 is 0 Å². The van der Waals surface area contributed by atoms with E-state index in [1.54, 1.807) is 18.9 Å². The van der Waals surface area contributed by atoms with Gasteiger partial charge in [0, 0.05) is 0 Å². The number of aliphatic hydroxyl groups is 1. The van der Waals surface area contributed by atoms with Crippen molar-refractivity contribution in [2.75, 3.05) is 13.4 Å². The van der Waals surface area contributed by atoms with Crippen molar-refractivity contribution >= 4 is 11.8 Å². The third-order valence-electron chi connectivity index (χ3n) is 3.13. The maximum absolute atomic E-state index is 10.5. The summed E-state index contributed by atoms with van der Waals surface area (Å²) >= 11 is 1.65. The Labute approximate surface area is 118 Å². The van der Waals surface area contributed by atoms with Gasteiger partial charge in [-0.3, -0.25) is 0 Å². The Morgan fingerprint density at radius 1 is 0.947 bits per heavy atom. The summed E-state index contributed by atoms with van der Waals surface area (Å²) in [5.41, 5.74) is 2.04. The van der Waals surface area contributed by atoms with Crippen LogP contribution in [0.4, 0.5) is 0 Å². The van der Waals surface area contributed by atoms with E-state index in [2.05, 4.69) is 0 Å². The van der Waals surface area contributed by atoms with E-state index in [0.717, 1.165) is 16.9 Å². The Morgan fingerprint density at radius 3 is 2.11 bits per heavy atom. The van der Waals surface area contributed by atoms with E-state index in [4.69, 9.17) is 4.74 Å². The van der Waals surface area contributed by atoms with Crippen LogP contribution in [-0.2, 0) is 0 Å². The molecule has 2 aromatic rings. The van der Waals surface area contributed by atoms with Gasteiger partial charge in [-0.1, -0.05) is 42.5 Å². The smallest absolute Gasteiger partial charge is 0.118 e. The molecule has 2 aromatic carbocycles. The summed E-state index contributed by atoms with van der Waals surface area (Å²) in [5, 5.41) is 10.6. The predicted molar refractivity (Wildman–Crippen MR) is 80.7 cm³/mol. The predicted octanol–water partition coefficient (Wildman–Crippen LogP) is 3.83. The second kappa shape index (κ2) is 6.64. The average molecular weight is 274 g/mol. The summed E-state index contributed by atoms with van der Waals surface area (Å²) in [5.74, 6) is 0.802. The summed E-state index contributed by atoms with van der Waals surface area (Å²) in [6, 6.07) is 17.7. The van der Waals surface area contributed by atoms with Gasteiger partial charge < -0.3 is 9.84 Å². The standard InChI is InChI=1S/C16H18O2S/c1-18-14-10-8-12(9-11-14)15(17)16(19-2)13-6-4-3-5-7-13/h3-11,15-17H,1-2H3/t15-,16+/m1/s1. The zero-order valence-corrected chi connectivity index (χ0v) is 11.9. The van der Waals surface area contributed by atoms with Crippen LogP contribution in [0.25, 0.3) is 0 Å². The number of thioether (sulfide) groups is 1. The largest absolute Gasteiger partial charge is 0.497 e. The van der Waals surface area contributed by atoms with Gasteiger partial charge in [-0.05, 0) is 29.5 Å². The highest BCUT2D eigenvalue weighted by Crippen LogP contribution is 2.38. The van der Waals surface area contributed by atoms with E-state index in [0.29, 0.717) is 0 Å². The molecule has 0 aliphatic carbocycles.